The van der Waals surface area contributed by atoms with Crippen molar-refractivity contribution in [3.63, 3.8) is 0 Å². The Balaban J connectivity index is 1.96. The number of aromatic hydroxyl groups is 3. The summed E-state index contributed by atoms with van der Waals surface area (Å²) in [5.41, 5.74) is 2.15. The van der Waals surface area contributed by atoms with Gasteiger partial charge in [-0.15, -0.1) is 0 Å². The number of hydrogen-bond donors (Lipinski definition) is 3. The summed E-state index contributed by atoms with van der Waals surface area (Å²) in [5.74, 6) is -0.688. The lowest BCUT2D eigenvalue weighted by Crippen LogP contribution is -1.97. The molecule has 0 saturated carbocycles. The van der Waals surface area contributed by atoms with E-state index >= 15 is 0 Å². The van der Waals surface area contributed by atoms with Crippen LogP contribution in [-0.2, 0) is 12.8 Å². The highest BCUT2D eigenvalue weighted by Crippen LogP contribution is 2.37. The Bertz CT molecular complexity index is 947. The van der Waals surface area contributed by atoms with Crippen LogP contribution in [0.4, 0.5) is 4.39 Å². The van der Waals surface area contributed by atoms with Gasteiger partial charge in [0, 0.05) is 24.0 Å². The van der Waals surface area contributed by atoms with Crippen molar-refractivity contribution in [1.82, 2.24) is 0 Å². The maximum absolute atomic E-state index is 14.2. The van der Waals surface area contributed by atoms with Crippen LogP contribution in [0.15, 0.2) is 45.3 Å². The van der Waals surface area contributed by atoms with E-state index in [0.29, 0.717) is 31.2 Å². The fraction of sp³-hybridized carbons (Fsp3) is 0.100. The Hall–Kier alpha value is -1.47. The molecular weight excluding hydrogens is 538 g/mol. The highest BCUT2D eigenvalue weighted by Gasteiger charge is 2.15. The summed E-state index contributed by atoms with van der Waals surface area (Å²) in [7, 11) is 0. The Morgan fingerprint density at radius 3 is 1.43 bits per heavy atom. The maximum atomic E-state index is 14.2. The summed E-state index contributed by atoms with van der Waals surface area (Å²) >= 11 is 18.4. The largest absolute Gasteiger partial charge is 0.507 e. The molecule has 0 aliphatic carbocycles. The molecule has 0 aromatic heterocycles. The Morgan fingerprint density at radius 1 is 0.679 bits per heavy atom. The highest BCUT2D eigenvalue weighted by atomic mass is 79.9. The molecule has 0 aliphatic rings. The van der Waals surface area contributed by atoms with E-state index in [2.05, 4.69) is 31.9 Å². The van der Waals surface area contributed by atoms with Gasteiger partial charge in [0.2, 0.25) is 0 Å². The number of rotatable bonds is 4. The van der Waals surface area contributed by atoms with E-state index in [9.17, 15) is 19.7 Å². The van der Waals surface area contributed by atoms with Crippen molar-refractivity contribution in [3.05, 3.63) is 83.5 Å². The molecular formula is C20H13Br2Cl2FO3. The number of phenolic OH excluding ortho intramolecular Hbond substituents is 3. The molecule has 0 atom stereocenters. The zero-order valence-corrected chi connectivity index (χ0v) is 18.8. The summed E-state index contributed by atoms with van der Waals surface area (Å²) in [4.78, 5) is 0. The minimum Gasteiger partial charge on any atom is -0.507 e. The van der Waals surface area contributed by atoms with Gasteiger partial charge in [-0.1, -0.05) is 23.2 Å². The highest BCUT2D eigenvalue weighted by molar-refractivity contribution is 9.10. The van der Waals surface area contributed by atoms with Gasteiger partial charge in [-0.2, -0.15) is 0 Å². The number of benzene rings is 3. The van der Waals surface area contributed by atoms with E-state index in [1.54, 1.807) is 24.3 Å². The van der Waals surface area contributed by atoms with Gasteiger partial charge >= 0.3 is 0 Å². The van der Waals surface area contributed by atoms with Crippen LogP contribution in [-0.4, -0.2) is 15.3 Å². The van der Waals surface area contributed by atoms with Crippen LogP contribution < -0.4 is 0 Å². The molecule has 3 N–H and O–H groups in total. The van der Waals surface area contributed by atoms with Crippen molar-refractivity contribution >= 4 is 55.1 Å². The summed E-state index contributed by atoms with van der Waals surface area (Å²) in [6, 6.07) is 8.94. The summed E-state index contributed by atoms with van der Waals surface area (Å²) in [6.45, 7) is 0. The first kappa shape index (κ1) is 21.2. The quantitative estimate of drug-likeness (QED) is 0.329. The van der Waals surface area contributed by atoms with Gasteiger partial charge in [0.25, 0.3) is 0 Å². The van der Waals surface area contributed by atoms with E-state index in [0.717, 1.165) is 0 Å². The average molecular weight is 551 g/mol. The van der Waals surface area contributed by atoms with Crippen LogP contribution in [0.3, 0.4) is 0 Å². The molecule has 0 aliphatic heterocycles. The predicted octanol–water partition coefficient (Wildman–Crippen LogP) is 6.96. The monoisotopic (exact) mass is 548 g/mol. The molecule has 0 spiro atoms. The normalized spacial score (nSPS) is 11.0. The molecule has 3 rings (SSSR count). The van der Waals surface area contributed by atoms with Gasteiger partial charge < -0.3 is 15.3 Å². The predicted molar refractivity (Wildman–Crippen MR) is 115 cm³/mol. The summed E-state index contributed by atoms with van der Waals surface area (Å²) in [5, 5.41) is 30.5. The number of halogens is 5. The van der Waals surface area contributed by atoms with Crippen molar-refractivity contribution in [2.24, 2.45) is 0 Å². The number of hydrogen-bond acceptors (Lipinski definition) is 3. The number of phenols is 3. The van der Waals surface area contributed by atoms with Crippen LogP contribution in [0.1, 0.15) is 22.3 Å². The molecule has 0 saturated heterocycles. The van der Waals surface area contributed by atoms with Gasteiger partial charge in [-0.3, -0.25) is 0 Å². The molecule has 3 aromatic carbocycles. The van der Waals surface area contributed by atoms with Crippen molar-refractivity contribution in [2.75, 3.05) is 0 Å². The van der Waals surface area contributed by atoms with Crippen molar-refractivity contribution in [1.29, 1.82) is 0 Å². The fourth-order valence-electron chi connectivity index (χ4n) is 2.87. The van der Waals surface area contributed by atoms with E-state index in [1.165, 1.54) is 12.1 Å². The van der Waals surface area contributed by atoms with Crippen molar-refractivity contribution < 1.29 is 19.7 Å². The first-order chi connectivity index (χ1) is 13.2. The Morgan fingerprint density at radius 2 is 1.07 bits per heavy atom. The molecule has 146 valence electrons. The second-order valence-corrected chi connectivity index (χ2v) is 8.77. The second-order valence-electron chi connectivity index (χ2n) is 6.24. The summed E-state index contributed by atoms with van der Waals surface area (Å²) in [6.07, 6.45) is 0.435. The van der Waals surface area contributed by atoms with Crippen molar-refractivity contribution in [2.45, 2.75) is 12.8 Å². The van der Waals surface area contributed by atoms with E-state index in [4.69, 9.17) is 23.2 Å². The zero-order chi connectivity index (χ0) is 20.6. The molecule has 3 aromatic rings. The standard InChI is InChI=1S/C20H13Br2Cl2FO3/c21-14-3-9(5-16(23)19(14)27)1-11-7-13(25)8-12(18(11)26)2-10-4-15(22)20(28)17(24)6-10/h3-8,26-28H,1-2H2. The molecule has 3 nitrogen and oxygen atoms in total. The lowest BCUT2D eigenvalue weighted by atomic mass is 9.97. The molecule has 0 heterocycles. The van der Waals surface area contributed by atoms with Gasteiger partial charge in [-0.25, -0.2) is 4.39 Å². The van der Waals surface area contributed by atoms with Crippen LogP contribution in [0.2, 0.25) is 10.0 Å². The van der Waals surface area contributed by atoms with Crippen molar-refractivity contribution in [3.8, 4) is 17.2 Å². The minimum absolute atomic E-state index is 0.0398. The van der Waals surface area contributed by atoms with Gasteiger partial charge in [0.15, 0.2) is 0 Å². The molecule has 0 radical (unpaired) electrons. The molecule has 28 heavy (non-hydrogen) atoms. The fourth-order valence-corrected chi connectivity index (χ4v) is 4.59. The maximum Gasteiger partial charge on any atom is 0.148 e. The third-order valence-electron chi connectivity index (χ3n) is 4.18. The van der Waals surface area contributed by atoms with Crippen LogP contribution in [0.25, 0.3) is 0 Å². The van der Waals surface area contributed by atoms with Gasteiger partial charge in [-0.05, 0) is 79.4 Å². The van der Waals surface area contributed by atoms with E-state index < -0.39 is 5.82 Å². The SMILES string of the molecule is Oc1c(Cl)cc(Cc2cc(F)cc(Cc3cc(Cl)c(O)c(Br)c3)c2O)cc1Br. The van der Waals surface area contributed by atoms with Crippen LogP contribution >= 0.6 is 55.1 Å². The molecule has 0 bridgehead atoms. The molecule has 8 heteroatoms. The Kier molecular flexibility index (Phi) is 6.44. The zero-order valence-electron chi connectivity index (χ0n) is 14.1. The first-order valence-electron chi connectivity index (χ1n) is 7.99. The minimum atomic E-state index is -0.490. The van der Waals surface area contributed by atoms with Gasteiger partial charge in [0.1, 0.15) is 23.1 Å². The topological polar surface area (TPSA) is 60.7 Å². The lowest BCUT2D eigenvalue weighted by molar-refractivity contribution is 0.460. The molecule has 0 fully saturated rings. The van der Waals surface area contributed by atoms with Gasteiger partial charge in [0.05, 0.1) is 19.0 Å². The lowest BCUT2D eigenvalue weighted by Gasteiger charge is -2.13. The van der Waals surface area contributed by atoms with E-state index in [-0.39, 0.29) is 40.1 Å². The van der Waals surface area contributed by atoms with Crippen LogP contribution in [0.5, 0.6) is 17.2 Å². The van der Waals surface area contributed by atoms with Crippen LogP contribution in [0, 0.1) is 5.82 Å². The molecule has 0 unspecified atom stereocenters. The Labute approximate surface area is 187 Å². The first-order valence-corrected chi connectivity index (χ1v) is 10.3. The summed E-state index contributed by atoms with van der Waals surface area (Å²) < 4.78 is 15.0. The smallest absolute Gasteiger partial charge is 0.148 e. The average Bonchev–Trinajstić information content (AvgIpc) is 2.61. The second kappa shape index (κ2) is 8.49. The van der Waals surface area contributed by atoms with E-state index in [1.807, 2.05) is 0 Å². The third-order valence-corrected chi connectivity index (χ3v) is 5.96. The third kappa shape index (κ3) is 4.57. The molecule has 0 amide bonds.